The SMILES string of the molecule is CO[C@H]1[C@H](NC(=O)C(C)C)c2ccccc2C12CCN(C(=O)COc1ccc(C)cc1)CC2. The Bertz CT molecular complexity index is 993. The standard InChI is InChI=1S/C27H34N2O4/c1-18(2)26(31)28-24-21-7-5-6-8-22(21)27(25(24)32-4)13-15-29(16-14-27)23(30)17-33-20-11-9-19(3)10-12-20/h5-12,18,24-25H,13-17H2,1-4H3,(H,28,31)/t24-,25+/m1/s1. The number of amides is 2. The van der Waals surface area contributed by atoms with Crippen LogP contribution in [0, 0.1) is 12.8 Å². The van der Waals surface area contributed by atoms with Crippen molar-refractivity contribution in [3.05, 3.63) is 65.2 Å². The van der Waals surface area contributed by atoms with Gasteiger partial charge in [0.1, 0.15) is 5.75 Å². The van der Waals surface area contributed by atoms with Crippen LogP contribution in [-0.2, 0) is 19.7 Å². The van der Waals surface area contributed by atoms with E-state index in [-0.39, 0.29) is 41.9 Å². The molecule has 1 aliphatic heterocycles. The second-order valence-corrected chi connectivity index (χ2v) is 9.52. The van der Waals surface area contributed by atoms with Crippen molar-refractivity contribution in [3.63, 3.8) is 0 Å². The van der Waals surface area contributed by atoms with Gasteiger partial charge in [0.15, 0.2) is 6.61 Å². The lowest BCUT2D eigenvalue weighted by Gasteiger charge is -2.44. The number of rotatable bonds is 6. The van der Waals surface area contributed by atoms with E-state index in [0.29, 0.717) is 18.8 Å². The molecular formula is C27H34N2O4. The van der Waals surface area contributed by atoms with Crippen LogP contribution in [0.1, 0.15) is 49.4 Å². The third-order valence-corrected chi connectivity index (χ3v) is 7.15. The van der Waals surface area contributed by atoms with E-state index in [2.05, 4.69) is 17.4 Å². The summed E-state index contributed by atoms with van der Waals surface area (Å²) in [5, 5.41) is 3.22. The Labute approximate surface area is 196 Å². The van der Waals surface area contributed by atoms with Gasteiger partial charge in [0.05, 0.1) is 12.1 Å². The lowest BCUT2D eigenvalue weighted by atomic mass is 9.72. The van der Waals surface area contributed by atoms with Crippen molar-refractivity contribution < 1.29 is 19.1 Å². The molecule has 176 valence electrons. The molecule has 1 spiro atoms. The molecule has 1 fully saturated rings. The van der Waals surface area contributed by atoms with E-state index in [9.17, 15) is 9.59 Å². The summed E-state index contributed by atoms with van der Waals surface area (Å²) in [6, 6.07) is 15.8. The van der Waals surface area contributed by atoms with Crippen molar-refractivity contribution in [3.8, 4) is 5.75 Å². The van der Waals surface area contributed by atoms with Gasteiger partial charge in [-0.2, -0.15) is 0 Å². The topological polar surface area (TPSA) is 67.9 Å². The normalized spacial score (nSPS) is 21.2. The monoisotopic (exact) mass is 450 g/mol. The Morgan fingerprint density at radius 1 is 1.09 bits per heavy atom. The van der Waals surface area contributed by atoms with Crippen molar-refractivity contribution in [1.82, 2.24) is 10.2 Å². The summed E-state index contributed by atoms with van der Waals surface area (Å²) in [6.07, 6.45) is 1.40. The molecule has 0 bridgehead atoms. The van der Waals surface area contributed by atoms with E-state index in [1.54, 1.807) is 7.11 Å². The maximum atomic E-state index is 12.8. The smallest absolute Gasteiger partial charge is 0.260 e. The lowest BCUT2D eigenvalue weighted by molar-refractivity contribution is -0.136. The zero-order chi connectivity index (χ0) is 23.6. The molecule has 0 unspecified atom stereocenters. The van der Waals surface area contributed by atoms with Crippen molar-refractivity contribution in [2.45, 2.75) is 51.2 Å². The largest absolute Gasteiger partial charge is 0.484 e. The van der Waals surface area contributed by atoms with E-state index in [0.717, 1.165) is 24.0 Å². The van der Waals surface area contributed by atoms with E-state index < -0.39 is 0 Å². The van der Waals surface area contributed by atoms with Crippen molar-refractivity contribution in [2.75, 3.05) is 26.8 Å². The highest BCUT2D eigenvalue weighted by Gasteiger charge is 2.54. The summed E-state index contributed by atoms with van der Waals surface area (Å²) in [5.74, 6) is 0.625. The molecule has 2 aromatic rings. The number of methoxy groups -OCH3 is 1. The van der Waals surface area contributed by atoms with Gasteiger partial charge in [0, 0.05) is 31.5 Å². The molecule has 2 atom stereocenters. The maximum absolute atomic E-state index is 12.8. The van der Waals surface area contributed by atoms with Crippen molar-refractivity contribution >= 4 is 11.8 Å². The average molecular weight is 451 g/mol. The number of piperidine rings is 1. The zero-order valence-electron chi connectivity index (χ0n) is 20.0. The number of fused-ring (bicyclic) bond motifs is 2. The van der Waals surface area contributed by atoms with Gasteiger partial charge in [-0.05, 0) is 43.0 Å². The number of nitrogens with zero attached hydrogens (tertiary/aromatic N) is 1. The predicted molar refractivity (Wildman–Crippen MR) is 127 cm³/mol. The third kappa shape index (κ3) is 4.49. The fourth-order valence-corrected chi connectivity index (χ4v) is 5.27. The molecule has 1 saturated heterocycles. The number of aryl methyl sites for hydroxylation is 1. The van der Waals surface area contributed by atoms with Crippen LogP contribution in [0.5, 0.6) is 5.75 Å². The van der Waals surface area contributed by atoms with Crippen LogP contribution in [0.4, 0.5) is 0 Å². The van der Waals surface area contributed by atoms with Gasteiger partial charge < -0.3 is 19.7 Å². The Morgan fingerprint density at radius 2 is 1.76 bits per heavy atom. The fourth-order valence-electron chi connectivity index (χ4n) is 5.27. The van der Waals surface area contributed by atoms with Gasteiger partial charge in [0.25, 0.3) is 5.91 Å². The summed E-state index contributed by atoms with van der Waals surface area (Å²) in [6.45, 7) is 7.12. The molecule has 1 N–H and O–H groups in total. The van der Waals surface area contributed by atoms with Gasteiger partial charge in [-0.3, -0.25) is 9.59 Å². The van der Waals surface area contributed by atoms with E-state index in [4.69, 9.17) is 9.47 Å². The van der Waals surface area contributed by atoms with Crippen LogP contribution < -0.4 is 10.1 Å². The van der Waals surface area contributed by atoms with Gasteiger partial charge in [0.2, 0.25) is 5.91 Å². The number of carbonyl (C=O) groups is 2. The number of hydrogen-bond donors (Lipinski definition) is 1. The van der Waals surface area contributed by atoms with Crippen LogP contribution in [0.15, 0.2) is 48.5 Å². The molecule has 1 aliphatic carbocycles. The van der Waals surface area contributed by atoms with Gasteiger partial charge in [-0.25, -0.2) is 0 Å². The molecule has 6 nitrogen and oxygen atoms in total. The highest BCUT2D eigenvalue weighted by molar-refractivity contribution is 5.79. The van der Waals surface area contributed by atoms with Crippen molar-refractivity contribution in [2.24, 2.45) is 5.92 Å². The number of ether oxygens (including phenoxy) is 2. The quantitative estimate of drug-likeness (QED) is 0.727. The molecule has 6 heteroatoms. The minimum absolute atomic E-state index is 0.00432. The number of nitrogens with one attached hydrogen (secondary N) is 1. The van der Waals surface area contributed by atoms with Crippen LogP contribution in [0.25, 0.3) is 0 Å². The molecule has 2 amide bonds. The lowest BCUT2D eigenvalue weighted by Crippen LogP contribution is -2.52. The first-order chi connectivity index (χ1) is 15.9. The summed E-state index contributed by atoms with van der Waals surface area (Å²) in [4.78, 5) is 27.3. The Balaban J connectivity index is 1.47. The minimum atomic E-state index is -0.227. The zero-order valence-corrected chi connectivity index (χ0v) is 20.0. The first kappa shape index (κ1) is 23.3. The van der Waals surface area contributed by atoms with E-state index >= 15 is 0 Å². The molecule has 0 aromatic heterocycles. The Hall–Kier alpha value is -2.86. The fraction of sp³-hybridized carbons (Fsp3) is 0.481. The summed E-state index contributed by atoms with van der Waals surface area (Å²) in [7, 11) is 1.72. The number of likely N-dealkylation sites (tertiary alicyclic amines) is 1. The predicted octanol–water partition coefficient (Wildman–Crippen LogP) is 3.78. The molecular weight excluding hydrogens is 416 g/mol. The maximum Gasteiger partial charge on any atom is 0.260 e. The van der Waals surface area contributed by atoms with Crippen LogP contribution in [-0.4, -0.2) is 49.6 Å². The highest BCUT2D eigenvalue weighted by atomic mass is 16.5. The Kier molecular flexibility index (Phi) is 6.75. The van der Waals surface area contributed by atoms with E-state index in [1.165, 1.54) is 5.56 Å². The second kappa shape index (κ2) is 9.56. The van der Waals surface area contributed by atoms with Crippen LogP contribution >= 0.6 is 0 Å². The molecule has 2 aromatic carbocycles. The summed E-state index contributed by atoms with van der Waals surface area (Å²) in [5.41, 5.74) is 3.28. The van der Waals surface area contributed by atoms with Gasteiger partial charge in [-0.15, -0.1) is 0 Å². The molecule has 33 heavy (non-hydrogen) atoms. The third-order valence-electron chi connectivity index (χ3n) is 7.15. The van der Waals surface area contributed by atoms with Gasteiger partial charge >= 0.3 is 0 Å². The Morgan fingerprint density at radius 3 is 2.39 bits per heavy atom. The average Bonchev–Trinajstić information content (AvgIpc) is 3.07. The molecule has 2 aliphatic rings. The second-order valence-electron chi connectivity index (χ2n) is 9.52. The summed E-state index contributed by atoms with van der Waals surface area (Å²) >= 11 is 0. The van der Waals surface area contributed by atoms with E-state index in [1.807, 2.05) is 62.1 Å². The molecule has 0 saturated carbocycles. The number of carbonyl (C=O) groups excluding carboxylic acids is 2. The van der Waals surface area contributed by atoms with Gasteiger partial charge in [-0.1, -0.05) is 55.8 Å². The minimum Gasteiger partial charge on any atom is -0.484 e. The number of hydrogen-bond acceptors (Lipinski definition) is 4. The van der Waals surface area contributed by atoms with Crippen molar-refractivity contribution in [1.29, 1.82) is 0 Å². The first-order valence-corrected chi connectivity index (χ1v) is 11.8. The van der Waals surface area contributed by atoms with Crippen LogP contribution in [0.3, 0.4) is 0 Å². The highest BCUT2D eigenvalue weighted by Crippen LogP contribution is 2.52. The first-order valence-electron chi connectivity index (χ1n) is 11.8. The molecule has 1 heterocycles. The summed E-state index contributed by atoms with van der Waals surface area (Å²) < 4.78 is 11.8. The number of benzene rings is 2. The molecule has 4 rings (SSSR count). The molecule has 0 radical (unpaired) electrons. The van der Waals surface area contributed by atoms with Crippen LogP contribution in [0.2, 0.25) is 0 Å².